The van der Waals surface area contributed by atoms with Crippen LogP contribution in [-0.4, -0.2) is 28.0 Å². The third-order valence-corrected chi connectivity index (χ3v) is 4.44. The molecule has 3 rings (SSSR count). The Labute approximate surface area is 109 Å². The van der Waals surface area contributed by atoms with Crippen molar-refractivity contribution < 1.29 is 0 Å². The Morgan fingerprint density at radius 3 is 2.65 bits per heavy atom. The summed E-state index contributed by atoms with van der Waals surface area (Å²) in [6.45, 7) is 4.01. The van der Waals surface area contributed by atoms with Gasteiger partial charge in [0.25, 0.3) is 0 Å². The first kappa shape index (κ1) is 11.2. The summed E-state index contributed by atoms with van der Waals surface area (Å²) >= 11 is 7.71. The van der Waals surface area contributed by atoms with E-state index in [0.717, 1.165) is 28.6 Å². The Balaban J connectivity index is 2.03. The molecule has 1 aliphatic heterocycles. The van der Waals surface area contributed by atoms with E-state index in [1.165, 1.54) is 19.3 Å². The molecule has 0 amide bonds. The van der Waals surface area contributed by atoms with Crippen LogP contribution in [0.4, 0.5) is 5.13 Å². The van der Waals surface area contributed by atoms with Gasteiger partial charge >= 0.3 is 0 Å². The van der Waals surface area contributed by atoms with E-state index in [9.17, 15) is 0 Å². The second-order valence-corrected chi connectivity index (χ2v) is 5.59. The van der Waals surface area contributed by atoms with Gasteiger partial charge in [0, 0.05) is 13.1 Å². The van der Waals surface area contributed by atoms with Gasteiger partial charge in [-0.15, -0.1) is 0 Å². The van der Waals surface area contributed by atoms with Crippen LogP contribution in [0.15, 0.2) is 0 Å². The second-order valence-electron chi connectivity index (χ2n) is 4.26. The van der Waals surface area contributed by atoms with Crippen LogP contribution in [-0.2, 0) is 0 Å². The van der Waals surface area contributed by atoms with Crippen LogP contribution in [0, 0.1) is 6.92 Å². The van der Waals surface area contributed by atoms with Gasteiger partial charge in [-0.2, -0.15) is 4.98 Å². The van der Waals surface area contributed by atoms with Crippen molar-refractivity contribution in [1.29, 1.82) is 0 Å². The number of thiazole rings is 1. The SMILES string of the molecule is Cc1nc(Cl)c2sc(N3CCCCC3)nc2n1. The molecule has 0 atom stereocenters. The molecule has 17 heavy (non-hydrogen) atoms. The average molecular weight is 269 g/mol. The molecule has 0 spiro atoms. The normalized spacial score (nSPS) is 16.7. The predicted octanol–water partition coefficient (Wildman–Crippen LogP) is 3.04. The third kappa shape index (κ3) is 2.09. The lowest BCUT2D eigenvalue weighted by Gasteiger charge is -2.25. The molecule has 0 aliphatic carbocycles. The molecule has 90 valence electrons. The molecule has 3 heterocycles. The lowest BCUT2D eigenvalue weighted by atomic mass is 10.1. The standard InChI is InChI=1S/C11H13ClN4S/c1-7-13-9(12)8-10(14-7)15-11(17-8)16-5-3-2-4-6-16/h2-6H2,1H3. The average Bonchev–Trinajstić information content (AvgIpc) is 2.74. The number of hydrogen-bond donors (Lipinski definition) is 0. The number of rotatable bonds is 1. The van der Waals surface area contributed by atoms with E-state index in [-0.39, 0.29) is 0 Å². The Bertz CT molecular complexity index is 548. The maximum absolute atomic E-state index is 6.12. The highest BCUT2D eigenvalue weighted by Crippen LogP contribution is 2.33. The lowest BCUT2D eigenvalue weighted by molar-refractivity contribution is 0.577. The summed E-state index contributed by atoms with van der Waals surface area (Å²) in [5.41, 5.74) is 0.730. The Morgan fingerprint density at radius 2 is 1.88 bits per heavy atom. The number of anilines is 1. The summed E-state index contributed by atoms with van der Waals surface area (Å²) in [7, 11) is 0. The minimum atomic E-state index is 0.522. The molecule has 2 aromatic rings. The smallest absolute Gasteiger partial charge is 0.188 e. The van der Waals surface area contributed by atoms with Crippen molar-refractivity contribution in [2.24, 2.45) is 0 Å². The molecule has 0 radical (unpaired) electrons. The van der Waals surface area contributed by atoms with Gasteiger partial charge < -0.3 is 4.90 Å². The second kappa shape index (κ2) is 4.38. The van der Waals surface area contributed by atoms with Crippen LogP contribution in [0.2, 0.25) is 5.15 Å². The van der Waals surface area contributed by atoms with Gasteiger partial charge in [-0.05, 0) is 26.2 Å². The maximum atomic E-state index is 6.12. The fraction of sp³-hybridized carbons (Fsp3) is 0.545. The van der Waals surface area contributed by atoms with Crippen molar-refractivity contribution in [3.8, 4) is 0 Å². The van der Waals surface area contributed by atoms with Crippen LogP contribution in [0.1, 0.15) is 25.1 Å². The molecule has 0 unspecified atom stereocenters. The van der Waals surface area contributed by atoms with Crippen LogP contribution >= 0.6 is 22.9 Å². The zero-order chi connectivity index (χ0) is 11.8. The highest BCUT2D eigenvalue weighted by Gasteiger charge is 2.17. The fourth-order valence-electron chi connectivity index (χ4n) is 2.10. The molecular formula is C11H13ClN4S. The molecule has 1 aliphatic rings. The quantitative estimate of drug-likeness (QED) is 0.746. The number of aryl methyl sites for hydroxylation is 1. The first-order chi connectivity index (χ1) is 8.24. The highest BCUT2D eigenvalue weighted by molar-refractivity contribution is 7.22. The summed E-state index contributed by atoms with van der Waals surface area (Å²) in [5.74, 6) is 0.679. The Hall–Kier alpha value is -0.940. The molecule has 1 fully saturated rings. The molecule has 6 heteroatoms. The molecule has 0 bridgehead atoms. The number of piperidine rings is 1. The largest absolute Gasteiger partial charge is 0.348 e. The number of aromatic nitrogens is 3. The van der Waals surface area contributed by atoms with Crippen molar-refractivity contribution >= 4 is 38.4 Å². The lowest BCUT2D eigenvalue weighted by Crippen LogP contribution is -2.29. The van der Waals surface area contributed by atoms with E-state index >= 15 is 0 Å². The van der Waals surface area contributed by atoms with Gasteiger partial charge in [0.2, 0.25) is 0 Å². The van der Waals surface area contributed by atoms with Gasteiger partial charge in [-0.3, -0.25) is 0 Å². The van der Waals surface area contributed by atoms with Gasteiger partial charge in [0.15, 0.2) is 15.9 Å². The maximum Gasteiger partial charge on any atom is 0.188 e. The van der Waals surface area contributed by atoms with Crippen molar-refractivity contribution in [2.75, 3.05) is 18.0 Å². The Kier molecular flexibility index (Phi) is 2.88. The first-order valence-electron chi connectivity index (χ1n) is 5.79. The van der Waals surface area contributed by atoms with Gasteiger partial charge in [-0.25, -0.2) is 9.97 Å². The monoisotopic (exact) mass is 268 g/mol. The molecule has 1 saturated heterocycles. The molecule has 2 aromatic heterocycles. The molecule has 0 aromatic carbocycles. The summed E-state index contributed by atoms with van der Waals surface area (Å²) in [5, 5.41) is 1.55. The highest BCUT2D eigenvalue weighted by atomic mass is 35.5. The van der Waals surface area contributed by atoms with Crippen molar-refractivity contribution in [2.45, 2.75) is 26.2 Å². The summed E-state index contributed by atoms with van der Waals surface area (Å²) < 4.78 is 0.901. The predicted molar refractivity (Wildman–Crippen MR) is 71.0 cm³/mol. The van der Waals surface area contributed by atoms with Crippen LogP contribution in [0.3, 0.4) is 0 Å². The van der Waals surface area contributed by atoms with E-state index in [4.69, 9.17) is 11.6 Å². The van der Waals surface area contributed by atoms with Gasteiger partial charge in [0.1, 0.15) is 10.5 Å². The zero-order valence-electron chi connectivity index (χ0n) is 9.61. The summed E-state index contributed by atoms with van der Waals surface area (Å²) in [6.07, 6.45) is 3.81. The molecular weight excluding hydrogens is 256 g/mol. The summed E-state index contributed by atoms with van der Waals surface area (Å²) in [4.78, 5) is 15.4. The van der Waals surface area contributed by atoms with E-state index in [1.54, 1.807) is 11.3 Å². The van der Waals surface area contributed by atoms with E-state index in [2.05, 4.69) is 19.9 Å². The molecule has 0 saturated carbocycles. The van der Waals surface area contributed by atoms with E-state index in [1.807, 2.05) is 6.92 Å². The Morgan fingerprint density at radius 1 is 1.12 bits per heavy atom. The number of hydrogen-bond acceptors (Lipinski definition) is 5. The third-order valence-electron chi connectivity index (χ3n) is 2.94. The molecule has 0 N–H and O–H groups in total. The van der Waals surface area contributed by atoms with Crippen molar-refractivity contribution in [3.05, 3.63) is 11.0 Å². The number of fused-ring (bicyclic) bond motifs is 1. The van der Waals surface area contributed by atoms with E-state index in [0.29, 0.717) is 11.0 Å². The van der Waals surface area contributed by atoms with Crippen LogP contribution in [0.5, 0.6) is 0 Å². The van der Waals surface area contributed by atoms with Gasteiger partial charge in [0.05, 0.1) is 0 Å². The summed E-state index contributed by atoms with van der Waals surface area (Å²) in [6, 6.07) is 0. The topological polar surface area (TPSA) is 41.9 Å². The minimum Gasteiger partial charge on any atom is -0.348 e. The zero-order valence-corrected chi connectivity index (χ0v) is 11.2. The first-order valence-corrected chi connectivity index (χ1v) is 6.99. The van der Waals surface area contributed by atoms with Gasteiger partial charge in [-0.1, -0.05) is 22.9 Å². The van der Waals surface area contributed by atoms with Crippen molar-refractivity contribution in [3.63, 3.8) is 0 Å². The van der Waals surface area contributed by atoms with Crippen LogP contribution in [0.25, 0.3) is 10.3 Å². The van der Waals surface area contributed by atoms with Crippen LogP contribution < -0.4 is 4.90 Å². The number of nitrogens with zero attached hydrogens (tertiary/aromatic N) is 4. The van der Waals surface area contributed by atoms with Crippen molar-refractivity contribution in [1.82, 2.24) is 15.0 Å². The minimum absolute atomic E-state index is 0.522. The molecule has 4 nitrogen and oxygen atoms in total. The van der Waals surface area contributed by atoms with E-state index < -0.39 is 0 Å². The number of halogens is 1. The fourth-order valence-corrected chi connectivity index (χ4v) is 3.36.